The van der Waals surface area contributed by atoms with E-state index >= 15 is 0 Å². The number of pyridine rings is 1. The van der Waals surface area contributed by atoms with Gasteiger partial charge in [0.15, 0.2) is 12.4 Å². The van der Waals surface area contributed by atoms with Gasteiger partial charge in [-0.1, -0.05) is 23.2 Å². The number of benzene rings is 2. The Hall–Kier alpha value is -3.47. The Morgan fingerprint density at radius 1 is 1.03 bits per heavy atom. The van der Waals surface area contributed by atoms with E-state index in [-0.39, 0.29) is 35.5 Å². The van der Waals surface area contributed by atoms with Gasteiger partial charge < -0.3 is 0 Å². The number of hydrogen-bond donors (Lipinski definition) is 0. The van der Waals surface area contributed by atoms with Crippen LogP contribution in [0, 0.1) is 0 Å². The summed E-state index contributed by atoms with van der Waals surface area (Å²) >= 11 is 12.0. The monoisotopic (exact) mass is 533 g/mol. The van der Waals surface area contributed by atoms with Crippen LogP contribution >= 0.6 is 23.2 Å². The second-order valence-electron chi connectivity index (χ2n) is 7.51. The van der Waals surface area contributed by atoms with Crippen LogP contribution in [0.5, 0.6) is 0 Å². The molecule has 0 fully saturated rings. The van der Waals surface area contributed by atoms with Crippen LogP contribution in [-0.4, -0.2) is 23.0 Å². The largest absolute Gasteiger partial charge is 0.365 e. The van der Waals surface area contributed by atoms with Crippen molar-refractivity contribution >= 4 is 55.7 Å². The van der Waals surface area contributed by atoms with Crippen molar-refractivity contribution < 1.29 is 17.8 Å². The van der Waals surface area contributed by atoms with Gasteiger partial charge >= 0.3 is 5.69 Å². The number of hydrogen-bond acceptors (Lipinski definition) is 5. The first kappa shape index (κ1) is 24.6. The van der Waals surface area contributed by atoms with Crippen molar-refractivity contribution in [2.45, 2.75) is 25.3 Å². The third-order valence-electron chi connectivity index (χ3n) is 5.26. The van der Waals surface area contributed by atoms with E-state index in [0.29, 0.717) is 6.54 Å². The van der Waals surface area contributed by atoms with E-state index in [2.05, 4.69) is 0 Å². The molecule has 1 amide bonds. The molecule has 2 heterocycles. The fourth-order valence-electron chi connectivity index (χ4n) is 3.63. The Morgan fingerprint density at radius 2 is 1.69 bits per heavy atom. The average Bonchev–Trinajstić information content (AvgIpc) is 2.81. The summed E-state index contributed by atoms with van der Waals surface area (Å²) in [7, 11) is -4.66. The third kappa shape index (κ3) is 4.36. The van der Waals surface area contributed by atoms with Gasteiger partial charge in [-0.3, -0.25) is 9.59 Å². The topological polar surface area (TPSA) is 102 Å². The molecule has 0 radical (unpaired) electrons. The zero-order valence-electron chi connectivity index (χ0n) is 18.6. The predicted molar refractivity (Wildman–Crippen MR) is 132 cm³/mol. The van der Waals surface area contributed by atoms with E-state index in [4.69, 9.17) is 23.2 Å². The summed E-state index contributed by atoms with van der Waals surface area (Å²) in [6.45, 7) is 3.68. The lowest BCUT2D eigenvalue weighted by Gasteiger charge is -2.24. The normalized spacial score (nSPS) is 11.5. The third-order valence-corrected chi connectivity index (χ3v) is 7.42. The Morgan fingerprint density at radius 3 is 2.31 bits per heavy atom. The van der Waals surface area contributed by atoms with E-state index in [1.807, 2.05) is 6.92 Å². The second-order valence-corrected chi connectivity index (χ2v) is 10.2. The summed E-state index contributed by atoms with van der Waals surface area (Å²) in [4.78, 5) is 39.6. The van der Waals surface area contributed by atoms with E-state index in [1.54, 1.807) is 29.1 Å². The summed E-state index contributed by atoms with van der Waals surface area (Å²) < 4.78 is 29.7. The average molecular weight is 534 g/mol. The van der Waals surface area contributed by atoms with Crippen LogP contribution in [-0.2, 0) is 21.4 Å². The fourth-order valence-corrected chi connectivity index (χ4v) is 5.21. The van der Waals surface area contributed by atoms with Crippen molar-refractivity contribution in [3.05, 3.63) is 97.9 Å². The number of nitrogens with zero attached hydrogens (tertiary/aromatic N) is 4. The van der Waals surface area contributed by atoms with Crippen LogP contribution in [0.15, 0.2) is 81.5 Å². The van der Waals surface area contributed by atoms with E-state index in [1.165, 1.54) is 49.4 Å². The minimum Gasteiger partial charge on any atom is -0.273 e. The molecule has 2 aromatic heterocycles. The highest BCUT2D eigenvalue weighted by atomic mass is 35.5. The predicted octanol–water partition coefficient (Wildman–Crippen LogP) is 2.83. The molecule has 180 valence electrons. The molecule has 0 aliphatic heterocycles. The Bertz CT molecular complexity index is 1700. The molecular weight excluding hydrogens is 515 g/mol. The van der Waals surface area contributed by atoms with E-state index in [9.17, 15) is 22.8 Å². The highest BCUT2D eigenvalue weighted by molar-refractivity contribution is 7.90. The lowest BCUT2D eigenvalue weighted by Crippen LogP contribution is -2.51. The molecular formula is C23H19Cl2N4O5S+. The number of aromatic nitrogens is 3. The van der Waals surface area contributed by atoms with Crippen LogP contribution in [0.1, 0.15) is 13.8 Å². The summed E-state index contributed by atoms with van der Waals surface area (Å²) in [5.74, 6) is -0.601. The molecule has 12 heteroatoms. The van der Waals surface area contributed by atoms with Gasteiger partial charge in [-0.25, -0.2) is 22.8 Å². The van der Waals surface area contributed by atoms with Crippen molar-refractivity contribution in [2.75, 3.05) is 5.01 Å². The number of amides is 1. The molecule has 0 bridgehead atoms. The molecule has 0 unspecified atom stereocenters. The van der Waals surface area contributed by atoms with Gasteiger partial charge in [0.05, 0.1) is 15.8 Å². The van der Waals surface area contributed by atoms with Crippen molar-refractivity contribution in [3.63, 3.8) is 0 Å². The molecule has 9 nitrogen and oxygen atoms in total. The molecule has 0 atom stereocenters. The van der Waals surface area contributed by atoms with Gasteiger partial charge in [-0.2, -0.15) is 4.68 Å². The summed E-state index contributed by atoms with van der Waals surface area (Å²) in [5.41, 5.74) is -2.09. The van der Waals surface area contributed by atoms with Crippen LogP contribution < -0.4 is 20.8 Å². The Balaban J connectivity index is 2.15. The van der Waals surface area contributed by atoms with E-state index < -0.39 is 27.2 Å². The van der Waals surface area contributed by atoms with E-state index in [0.717, 1.165) is 9.69 Å². The SMILES string of the molecule is CC[n+]1cccc(N(C(C)=O)n2c(=O)n(S(=O)(=O)c3ccc(Cl)cc3)c(=O)c3ccc(Cl)cc32)c1. The fraction of sp³-hybridized carbons (Fsp3) is 0.130. The Labute approximate surface area is 210 Å². The molecule has 0 aliphatic rings. The summed E-state index contributed by atoms with van der Waals surface area (Å²) in [5, 5.41) is 1.33. The quantitative estimate of drug-likeness (QED) is 0.367. The number of anilines is 1. The minimum atomic E-state index is -4.66. The standard InChI is InChI=1S/C23H19Cl2N4O5S/c1-3-26-12-4-5-18(14-26)27(15(2)30)28-21-13-17(25)8-11-20(21)22(31)29(23(28)32)35(33,34)19-9-6-16(24)7-10-19/h4-14H,3H2,1-2H3/q+1. The number of fused-ring (bicyclic) bond motifs is 1. The summed E-state index contributed by atoms with van der Waals surface area (Å²) in [6, 6.07) is 12.3. The van der Waals surface area contributed by atoms with Crippen LogP contribution in [0.4, 0.5) is 5.69 Å². The van der Waals surface area contributed by atoms with Crippen LogP contribution in [0.2, 0.25) is 10.0 Å². The maximum Gasteiger partial charge on any atom is 0.365 e. The minimum absolute atomic E-state index is 0.0304. The van der Waals surface area contributed by atoms with Gasteiger partial charge in [0.2, 0.25) is 5.91 Å². The second kappa shape index (κ2) is 9.29. The number of aryl methyl sites for hydroxylation is 1. The van der Waals surface area contributed by atoms with Gasteiger partial charge in [0, 0.05) is 23.0 Å². The first-order chi connectivity index (χ1) is 16.6. The van der Waals surface area contributed by atoms with Crippen LogP contribution in [0.25, 0.3) is 10.9 Å². The van der Waals surface area contributed by atoms with Crippen molar-refractivity contribution in [1.82, 2.24) is 8.65 Å². The molecule has 2 aromatic carbocycles. The first-order valence-electron chi connectivity index (χ1n) is 10.3. The van der Waals surface area contributed by atoms with Gasteiger partial charge in [0.1, 0.15) is 12.2 Å². The van der Waals surface area contributed by atoms with Crippen molar-refractivity contribution in [3.8, 4) is 0 Å². The number of rotatable bonds is 5. The smallest absolute Gasteiger partial charge is 0.273 e. The van der Waals surface area contributed by atoms with Gasteiger partial charge in [-0.05, 0) is 55.5 Å². The van der Waals surface area contributed by atoms with Crippen molar-refractivity contribution in [1.29, 1.82) is 0 Å². The maximum absolute atomic E-state index is 13.8. The zero-order chi connectivity index (χ0) is 25.5. The Kier molecular flexibility index (Phi) is 6.54. The highest BCUT2D eigenvalue weighted by Crippen LogP contribution is 2.21. The van der Waals surface area contributed by atoms with Crippen LogP contribution in [0.3, 0.4) is 0 Å². The lowest BCUT2D eigenvalue weighted by atomic mass is 10.2. The number of carbonyl (C=O) groups excluding carboxylic acids is 1. The molecule has 0 aliphatic carbocycles. The summed E-state index contributed by atoms with van der Waals surface area (Å²) in [6.07, 6.45) is 3.39. The molecule has 0 saturated heterocycles. The van der Waals surface area contributed by atoms with Gasteiger partial charge in [0.25, 0.3) is 15.6 Å². The number of halogens is 2. The molecule has 4 rings (SSSR count). The highest BCUT2D eigenvalue weighted by Gasteiger charge is 2.29. The molecule has 35 heavy (non-hydrogen) atoms. The molecule has 0 saturated carbocycles. The van der Waals surface area contributed by atoms with Gasteiger partial charge in [-0.15, -0.1) is 3.97 Å². The lowest BCUT2D eigenvalue weighted by molar-refractivity contribution is -0.693. The maximum atomic E-state index is 13.8. The van der Waals surface area contributed by atoms with Crippen molar-refractivity contribution in [2.24, 2.45) is 0 Å². The number of carbonyl (C=O) groups is 1. The molecule has 0 N–H and O–H groups in total. The molecule has 4 aromatic rings. The molecule has 0 spiro atoms. The zero-order valence-corrected chi connectivity index (χ0v) is 20.9. The first-order valence-corrected chi connectivity index (χ1v) is 12.5.